The molecule has 3 N–H and O–H groups in total. The zero-order valence-corrected chi connectivity index (χ0v) is 17.8. The van der Waals surface area contributed by atoms with E-state index >= 15 is 0 Å². The number of hydrogen-bond donors (Lipinski definition) is 3. The van der Waals surface area contributed by atoms with E-state index in [9.17, 15) is 8.42 Å². The van der Waals surface area contributed by atoms with Crippen LogP contribution in [-0.2, 0) is 26.1 Å². The van der Waals surface area contributed by atoms with Crippen molar-refractivity contribution < 1.29 is 17.9 Å². The van der Waals surface area contributed by atoms with Crippen LogP contribution in [0.2, 0.25) is 0 Å². The number of aryl methyl sites for hydroxylation is 1. The Balaban J connectivity index is 1.74. The van der Waals surface area contributed by atoms with Crippen LogP contribution in [0, 0.1) is 6.92 Å². The van der Waals surface area contributed by atoms with Crippen molar-refractivity contribution in [3.05, 3.63) is 48.0 Å². The second-order valence-electron chi connectivity index (χ2n) is 6.40. The molecule has 3 aromatic rings. The minimum Gasteiger partial charge on any atom is -0.383 e. The molecule has 10 nitrogen and oxygen atoms in total. The Bertz CT molecular complexity index is 1080. The molecule has 0 saturated carbocycles. The third kappa shape index (κ3) is 5.39. The molecule has 30 heavy (non-hydrogen) atoms. The lowest BCUT2D eigenvalue weighted by molar-refractivity contribution is 0.178. The SMILES string of the molecule is COCCNS(=O)(=O)c1ccc(Nc2nccc(-c3nc(COC)[nH]c3C)n2)cc1. The highest BCUT2D eigenvalue weighted by molar-refractivity contribution is 7.89. The minimum atomic E-state index is -3.58. The third-order valence-corrected chi connectivity index (χ3v) is 5.61. The number of sulfonamides is 1. The fourth-order valence-corrected chi connectivity index (χ4v) is 3.75. The first-order valence-electron chi connectivity index (χ1n) is 9.16. The number of anilines is 2. The molecule has 0 spiro atoms. The molecule has 1 aromatic carbocycles. The Hall–Kier alpha value is -2.86. The van der Waals surface area contributed by atoms with Crippen molar-refractivity contribution in [3.63, 3.8) is 0 Å². The summed E-state index contributed by atoms with van der Waals surface area (Å²) in [6.45, 7) is 2.80. The molecule has 0 aliphatic heterocycles. The van der Waals surface area contributed by atoms with E-state index in [1.165, 1.54) is 19.2 Å². The van der Waals surface area contributed by atoms with E-state index in [-0.39, 0.29) is 11.4 Å². The first-order valence-corrected chi connectivity index (χ1v) is 10.6. The molecular weight excluding hydrogens is 408 g/mol. The molecule has 0 bridgehead atoms. The molecule has 0 atom stereocenters. The lowest BCUT2D eigenvalue weighted by atomic mass is 10.2. The smallest absolute Gasteiger partial charge is 0.240 e. The predicted octanol–water partition coefficient (Wildman–Crippen LogP) is 1.99. The Morgan fingerprint density at radius 3 is 2.53 bits per heavy atom. The fraction of sp³-hybridized carbons (Fsp3) is 0.316. The van der Waals surface area contributed by atoms with Crippen molar-refractivity contribution in [1.29, 1.82) is 0 Å². The fourth-order valence-electron chi connectivity index (χ4n) is 2.74. The number of methoxy groups -OCH3 is 2. The predicted molar refractivity (Wildman–Crippen MR) is 112 cm³/mol. The Morgan fingerprint density at radius 2 is 1.83 bits per heavy atom. The normalized spacial score (nSPS) is 11.6. The zero-order chi connectivity index (χ0) is 21.6. The van der Waals surface area contributed by atoms with Crippen molar-refractivity contribution >= 4 is 21.7 Å². The van der Waals surface area contributed by atoms with Crippen LogP contribution in [0.4, 0.5) is 11.6 Å². The summed E-state index contributed by atoms with van der Waals surface area (Å²) in [5.41, 5.74) is 2.91. The van der Waals surface area contributed by atoms with Gasteiger partial charge in [-0.2, -0.15) is 0 Å². The number of benzene rings is 1. The van der Waals surface area contributed by atoms with E-state index in [2.05, 4.69) is 30.0 Å². The molecule has 0 unspecified atom stereocenters. The lowest BCUT2D eigenvalue weighted by Crippen LogP contribution is -2.27. The topological polar surface area (TPSA) is 131 Å². The summed E-state index contributed by atoms with van der Waals surface area (Å²) in [6.07, 6.45) is 1.63. The van der Waals surface area contributed by atoms with Gasteiger partial charge in [-0.1, -0.05) is 0 Å². The van der Waals surface area contributed by atoms with Gasteiger partial charge < -0.3 is 19.8 Å². The minimum absolute atomic E-state index is 0.164. The molecule has 0 aliphatic carbocycles. The van der Waals surface area contributed by atoms with Crippen LogP contribution in [0.15, 0.2) is 41.4 Å². The molecule has 160 valence electrons. The zero-order valence-electron chi connectivity index (χ0n) is 17.0. The standard InChI is InChI=1S/C19H24N6O4S/c1-13-18(25-17(22-13)12-29-3)16-8-9-20-19(24-16)23-14-4-6-15(7-5-14)30(26,27)21-10-11-28-2/h4-9,21H,10-12H2,1-3H3,(H,22,25)(H,20,23,24). The van der Waals surface area contributed by atoms with Crippen molar-refractivity contribution in [2.75, 3.05) is 32.7 Å². The van der Waals surface area contributed by atoms with E-state index < -0.39 is 10.0 Å². The van der Waals surface area contributed by atoms with Gasteiger partial charge >= 0.3 is 0 Å². The Labute approximate surface area is 175 Å². The summed E-state index contributed by atoms with van der Waals surface area (Å²) in [7, 11) is -0.464. The molecule has 0 saturated heterocycles. The highest BCUT2D eigenvalue weighted by Crippen LogP contribution is 2.22. The van der Waals surface area contributed by atoms with Crippen molar-refractivity contribution in [1.82, 2.24) is 24.7 Å². The number of H-pyrrole nitrogens is 1. The van der Waals surface area contributed by atoms with Crippen LogP contribution >= 0.6 is 0 Å². The van der Waals surface area contributed by atoms with Gasteiger partial charge in [0.25, 0.3) is 0 Å². The van der Waals surface area contributed by atoms with Crippen LogP contribution in [0.5, 0.6) is 0 Å². The average Bonchev–Trinajstić information content (AvgIpc) is 3.09. The van der Waals surface area contributed by atoms with Gasteiger partial charge in [-0.25, -0.2) is 28.1 Å². The van der Waals surface area contributed by atoms with Crippen LogP contribution in [-0.4, -0.2) is 55.7 Å². The molecule has 0 fully saturated rings. The van der Waals surface area contributed by atoms with Gasteiger partial charge in [0.05, 0.1) is 17.2 Å². The molecule has 0 amide bonds. The van der Waals surface area contributed by atoms with Gasteiger partial charge in [0, 0.05) is 38.3 Å². The summed E-state index contributed by atoms with van der Waals surface area (Å²) in [5, 5.41) is 3.08. The van der Waals surface area contributed by atoms with E-state index in [0.717, 1.165) is 11.4 Å². The van der Waals surface area contributed by atoms with Gasteiger partial charge in [0.15, 0.2) is 0 Å². The maximum absolute atomic E-state index is 12.2. The number of aromatic nitrogens is 4. The largest absolute Gasteiger partial charge is 0.383 e. The molecule has 0 aliphatic rings. The van der Waals surface area contributed by atoms with Crippen LogP contribution < -0.4 is 10.0 Å². The third-order valence-electron chi connectivity index (χ3n) is 4.13. The van der Waals surface area contributed by atoms with Gasteiger partial charge in [0.2, 0.25) is 16.0 Å². The monoisotopic (exact) mass is 432 g/mol. The second-order valence-corrected chi connectivity index (χ2v) is 8.16. The van der Waals surface area contributed by atoms with Crippen LogP contribution in [0.3, 0.4) is 0 Å². The summed E-state index contributed by atoms with van der Waals surface area (Å²) in [5.74, 6) is 1.09. The van der Waals surface area contributed by atoms with Gasteiger partial charge in [-0.15, -0.1) is 0 Å². The van der Waals surface area contributed by atoms with Gasteiger partial charge in [-0.05, 0) is 37.3 Å². The maximum Gasteiger partial charge on any atom is 0.240 e. The summed E-state index contributed by atoms with van der Waals surface area (Å²) < 4.78 is 36.9. The first-order chi connectivity index (χ1) is 14.4. The number of ether oxygens (including phenoxy) is 2. The summed E-state index contributed by atoms with van der Waals surface area (Å²) in [4.78, 5) is 16.6. The van der Waals surface area contributed by atoms with Gasteiger partial charge in [0.1, 0.15) is 18.1 Å². The summed E-state index contributed by atoms with van der Waals surface area (Å²) >= 11 is 0. The van der Waals surface area contributed by atoms with Crippen LogP contribution in [0.25, 0.3) is 11.4 Å². The van der Waals surface area contributed by atoms with Crippen molar-refractivity contribution in [3.8, 4) is 11.4 Å². The van der Waals surface area contributed by atoms with Gasteiger partial charge in [-0.3, -0.25) is 0 Å². The number of imidazole rings is 1. The highest BCUT2D eigenvalue weighted by Gasteiger charge is 2.14. The quantitative estimate of drug-likeness (QED) is 0.415. The Morgan fingerprint density at radius 1 is 1.07 bits per heavy atom. The maximum atomic E-state index is 12.2. The Kier molecular flexibility index (Phi) is 7.11. The van der Waals surface area contributed by atoms with E-state index in [1.807, 2.05) is 6.92 Å². The number of nitrogens with one attached hydrogen (secondary N) is 3. The summed E-state index contributed by atoms with van der Waals surface area (Å²) in [6, 6.07) is 8.09. The first kappa shape index (κ1) is 21.8. The molecule has 2 aromatic heterocycles. The van der Waals surface area contributed by atoms with Crippen molar-refractivity contribution in [2.45, 2.75) is 18.4 Å². The van der Waals surface area contributed by atoms with E-state index in [1.54, 1.807) is 31.5 Å². The van der Waals surface area contributed by atoms with E-state index in [4.69, 9.17) is 9.47 Å². The lowest BCUT2D eigenvalue weighted by Gasteiger charge is -2.09. The van der Waals surface area contributed by atoms with Crippen LogP contribution in [0.1, 0.15) is 11.5 Å². The molecule has 11 heteroatoms. The highest BCUT2D eigenvalue weighted by atomic mass is 32.2. The van der Waals surface area contributed by atoms with Crippen molar-refractivity contribution in [2.24, 2.45) is 0 Å². The number of nitrogens with zero attached hydrogens (tertiary/aromatic N) is 3. The molecule has 3 rings (SSSR count). The van der Waals surface area contributed by atoms with E-state index in [0.29, 0.717) is 36.4 Å². The average molecular weight is 433 g/mol. The molecule has 0 radical (unpaired) electrons. The number of rotatable bonds is 10. The molecular formula is C19H24N6O4S. The second kappa shape index (κ2) is 9.76. The molecule has 2 heterocycles. The number of hydrogen-bond acceptors (Lipinski definition) is 8. The number of aromatic amines is 1.